The molecule has 3 saturated heterocycles. The number of ether oxygens (including phenoxy) is 1. The predicted octanol–water partition coefficient (Wildman–Crippen LogP) is 3.87. The third-order valence-corrected chi connectivity index (χ3v) is 8.08. The minimum absolute atomic E-state index is 0.0225. The smallest absolute Gasteiger partial charge is 0.475 e. The van der Waals surface area contributed by atoms with Crippen molar-refractivity contribution >= 4 is 29.5 Å². The Kier molecular flexibility index (Phi) is 8.08. The highest BCUT2D eigenvalue weighted by atomic mass is 19.4. The van der Waals surface area contributed by atoms with E-state index in [1.165, 1.54) is 12.0 Å². The van der Waals surface area contributed by atoms with Gasteiger partial charge in [0.25, 0.3) is 0 Å². The number of carbonyl (C=O) groups excluding carboxylic acids is 4. The number of carbonyl (C=O) groups is 5. The number of methoxy groups -OCH3 is 1. The third-order valence-electron chi connectivity index (χ3n) is 8.08. The van der Waals surface area contributed by atoms with Crippen molar-refractivity contribution in [2.45, 2.75) is 44.4 Å². The molecular weight excluding hydrogens is 545 g/mol. The van der Waals surface area contributed by atoms with Crippen LogP contribution in [0.25, 0.3) is 11.1 Å². The lowest BCUT2D eigenvalue weighted by atomic mass is 9.77. The van der Waals surface area contributed by atoms with Crippen LogP contribution in [0.2, 0.25) is 0 Å². The molecule has 4 atom stereocenters. The van der Waals surface area contributed by atoms with Gasteiger partial charge in [0.15, 0.2) is 5.78 Å². The number of aliphatic carboxylic acids is 1. The van der Waals surface area contributed by atoms with E-state index in [1.54, 1.807) is 13.8 Å². The van der Waals surface area contributed by atoms with E-state index >= 15 is 0 Å². The Labute approximate surface area is 233 Å². The summed E-state index contributed by atoms with van der Waals surface area (Å²) < 4.78 is 36.9. The number of likely N-dealkylation sites (tertiary alicyclic amines) is 1. The molecule has 0 aromatic heterocycles. The van der Waals surface area contributed by atoms with Crippen molar-refractivity contribution in [1.82, 2.24) is 9.80 Å². The van der Waals surface area contributed by atoms with Crippen LogP contribution in [0.15, 0.2) is 48.5 Å². The number of imide groups is 1. The number of ketones is 1. The zero-order valence-corrected chi connectivity index (χ0v) is 22.6. The normalized spacial score (nSPS) is 25.3. The summed E-state index contributed by atoms with van der Waals surface area (Å²) in [5.74, 6) is -4.96. The second-order valence-electron chi connectivity index (χ2n) is 10.1. The van der Waals surface area contributed by atoms with Gasteiger partial charge in [-0.15, -0.1) is 0 Å². The van der Waals surface area contributed by atoms with Gasteiger partial charge in [0, 0.05) is 18.2 Å². The first-order valence-electron chi connectivity index (χ1n) is 13.0. The maximum absolute atomic E-state index is 13.4. The topological polar surface area (TPSA) is 121 Å². The van der Waals surface area contributed by atoms with E-state index in [9.17, 15) is 32.3 Å². The van der Waals surface area contributed by atoms with Crippen molar-refractivity contribution < 1.29 is 47.0 Å². The molecule has 1 N–H and O–H groups in total. The van der Waals surface area contributed by atoms with Crippen molar-refractivity contribution in [3.63, 3.8) is 0 Å². The van der Waals surface area contributed by atoms with Gasteiger partial charge in [0.2, 0.25) is 11.8 Å². The molecule has 3 heterocycles. The second kappa shape index (κ2) is 11.1. The van der Waals surface area contributed by atoms with Crippen molar-refractivity contribution in [3.05, 3.63) is 59.7 Å². The molecule has 2 amide bonds. The van der Waals surface area contributed by atoms with Crippen LogP contribution in [0.4, 0.5) is 13.2 Å². The van der Waals surface area contributed by atoms with Gasteiger partial charge in [0.1, 0.15) is 5.54 Å². The number of carboxylic acids is 1. The fourth-order valence-corrected chi connectivity index (χ4v) is 6.34. The number of carboxylic acid groups (broad SMARTS) is 1. The van der Waals surface area contributed by atoms with E-state index < -0.39 is 35.5 Å². The highest BCUT2D eigenvalue weighted by Crippen LogP contribution is 2.59. The quantitative estimate of drug-likeness (QED) is 0.325. The van der Waals surface area contributed by atoms with Gasteiger partial charge < -0.3 is 9.84 Å². The summed E-state index contributed by atoms with van der Waals surface area (Å²) in [5.41, 5.74) is 2.44. The number of hydrogen-bond donors (Lipinski definition) is 1. The van der Waals surface area contributed by atoms with Gasteiger partial charge in [-0.2, -0.15) is 13.2 Å². The summed E-state index contributed by atoms with van der Waals surface area (Å²) in [6.45, 7) is 4.26. The molecule has 9 nitrogen and oxygen atoms in total. The van der Waals surface area contributed by atoms with E-state index in [2.05, 4.69) is 0 Å². The Hall–Kier alpha value is -4.06. The van der Waals surface area contributed by atoms with Crippen molar-refractivity contribution in [2.24, 2.45) is 11.8 Å². The number of rotatable bonds is 5. The molecule has 0 bridgehead atoms. The second-order valence-corrected chi connectivity index (χ2v) is 10.1. The summed E-state index contributed by atoms with van der Waals surface area (Å²) >= 11 is 0. The number of halogens is 3. The molecule has 0 spiro atoms. The zero-order valence-electron chi connectivity index (χ0n) is 22.6. The van der Waals surface area contributed by atoms with Crippen LogP contribution in [0.5, 0.6) is 0 Å². The number of hydrogen-bond acceptors (Lipinski definition) is 7. The van der Waals surface area contributed by atoms with Crippen molar-refractivity contribution in [1.29, 1.82) is 0 Å². The number of Topliss-reactive ketones (excluding diaryl/α,β-unsaturated/α-hetero) is 1. The van der Waals surface area contributed by atoms with Crippen LogP contribution in [0, 0.1) is 11.8 Å². The highest BCUT2D eigenvalue weighted by Gasteiger charge is 2.73. The lowest BCUT2D eigenvalue weighted by Crippen LogP contribution is -2.54. The number of benzene rings is 2. The summed E-state index contributed by atoms with van der Waals surface area (Å²) in [7, 11) is 1.35. The Morgan fingerprint density at radius 3 is 2.00 bits per heavy atom. The number of nitrogens with zero attached hydrogens (tertiary/aromatic N) is 2. The average molecular weight is 575 g/mol. The number of amides is 2. The Bertz CT molecular complexity index is 1370. The van der Waals surface area contributed by atoms with Gasteiger partial charge in [-0.05, 0) is 49.9 Å². The third kappa shape index (κ3) is 5.01. The van der Waals surface area contributed by atoms with Crippen LogP contribution >= 0.6 is 0 Å². The molecule has 2 aromatic rings. The van der Waals surface area contributed by atoms with Crippen molar-refractivity contribution in [2.75, 3.05) is 20.2 Å². The van der Waals surface area contributed by atoms with Gasteiger partial charge in [-0.3, -0.25) is 29.0 Å². The molecule has 0 aliphatic carbocycles. The summed E-state index contributed by atoms with van der Waals surface area (Å²) in [6, 6.07) is 15.0. The summed E-state index contributed by atoms with van der Waals surface area (Å²) in [5, 5.41) is 7.12. The van der Waals surface area contributed by atoms with Gasteiger partial charge in [0.05, 0.1) is 18.9 Å². The predicted molar refractivity (Wildman–Crippen MR) is 138 cm³/mol. The first-order valence-corrected chi connectivity index (χ1v) is 13.0. The number of alkyl halides is 3. The first kappa shape index (κ1) is 29.9. The van der Waals surface area contributed by atoms with Gasteiger partial charge in [-0.1, -0.05) is 48.5 Å². The van der Waals surface area contributed by atoms with Crippen molar-refractivity contribution in [3.8, 4) is 11.1 Å². The molecule has 218 valence electrons. The van der Waals surface area contributed by atoms with Crippen LogP contribution in [-0.4, -0.2) is 76.4 Å². The molecule has 41 heavy (non-hydrogen) atoms. The van der Waals surface area contributed by atoms with E-state index in [-0.39, 0.29) is 23.6 Å². The molecule has 3 unspecified atom stereocenters. The van der Waals surface area contributed by atoms with Crippen LogP contribution < -0.4 is 0 Å². The fraction of sp³-hybridized carbons (Fsp3) is 0.414. The SMILES string of the molecule is CCN1C(=O)C2C(c3ccc(-c4ccc(C(C)=O)cc4)cc3)N3CCC[C@@]3(C(=O)OC)C2C1=O.O=C(O)C(F)(F)F. The van der Waals surface area contributed by atoms with Gasteiger partial charge in [-0.25, -0.2) is 4.79 Å². The lowest BCUT2D eigenvalue weighted by Gasteiger charge is -2.36. The van der Waals surface area contributed by atoms with Crippen LogP contribution in [0.3, 0.4) is 0 Å². The van der Waals surface area contributed by atoms with Gasteiger partial charge >= 0.3 is 18.1 Å². The van der Waals surface area contributed by atoms with E-state index in [0.29, 0.717) is 25.1 Å². The fourth-order valence-electron chi connectivity index (χ4n) is 6.34. The maximum atomic E-state index is 13.4. The van der Waals surface area contributed by atoms with Crippen LogP contribution in [0.1, 0.15) is 48.7 Å². The minimum atomic E-state index is -5.08. The van der Waals surface area contributed by atoms with E-state index in [4.69, 9.17) is 14.6 Å². The molecular formula is C29H29F3N2O7. The summed E-state index contributed by atoms with van der Waals surface area (Å²) in [6.07, 6.45) is -3.81. The molecule has 12 heteroatoms. The minimum Gasteiger partial charge on any atom is -0.475 e. The largest absolute Gasteiger partial charge is 0.490 e. The number of fused-ring (bicyclic) bond motifs is 3. The molecule has 5 rings (SSSR count). The monoisotopic (exact) mass is 574 g/mol. The molecule has 3 aliphatic heterocycles. The maximum Gasteiger partial charge on any atom is 0.490 e. The Balaban J connectivity index is 0.000000493. The number of esters is 1. The highest BCUT2D eigenvalue weighted by molar-refractivity contribution is 6.09. The molecule has 0 saturated carbocycles. The Morgan fingerprint density at radius 1 is 1.00 bits per heavy atom. The van der Waals surface area contributed by atoms with Crippen LogP contribution in [-0.2, 0) is 23.9 Å². The average Bonchev–Trinajstić information content (AvgIpc) is 3.56. The van der Waals surface area contributed by atoms with E-state index in [1.807, 2.05) is 53.4 Å². The lowest BCUT2D eigenvalue weighted by molar-refractivity contribution is -0.192. The molecule has 3 fully saturated rings. The standard InChI is InChI=1S/C27H28N2O5.C2HF3O2/c1-4-28-24(31)21-22(25(28)32)27(26(33)34-3)14-5-15-29(27)23(21)20-12-10-19(11-13-20)18-8-6-17(7-9-18)16(2)30;3-2(4,5)1(6)7/h6-13,21-23H,4-5,14-15H2,1-3H3;(H,6,7)/t21?,22?,23?,27-;/m0./s1. The summed E-state index contributed by atoms with van der Waals surface area (Å²) in [4.78, 5) is 63.6. The zero-order chi connectivity index (χ0) is 30.3. The molecule has 0 radical (unpaired) electrons. The Morgan fingerprint density at radius 2 is 1.54 bits per heavy atom. The molecule has 2 aromatic carbocycles. The first-order chi connectivity index (χ1) is 19.3. The van der Waals surface area contributed by atoms with E-state index in [0.717, 1.165) is 23.1 Å². The molecule has 3 aliphatic rings.